The van der Waals surface area contributed by atoms with Crippen molar-refractivity contribution >= 4 is 21.8 Å². The maximum absolute atomic E-state index is 12.4. The van der Waals surface area contributed by atoms with Gasteiger partial charge in [-0.3, -0.25) is 4.79 Å². The summed E-state index contributed by atoms with van der Waals surface area (Å²) in [6.45, 7) is 0.805. The third kappa shape index (κ3) is 1.41. The van der Waals surface area contributed by atoms with Crippen LogP contribution in [-0.2, 0) is 6.54 Å². The van der Waals surface area contributed by atoms with Crippen molar-refractivity contribution in [2.24, 2.45) is 11.8 Å². The average molecular weight is 292 g/mol. The molecule has 0 bridgehead atoms. The van der Waals surface area contributed by atoms with Crippen LogP contribution >= 0.6 is 15.9 Å². The number of halogens is 1. The molecule has 2 nitrogen and oxygen atoms in total. The van der Waals surface area contributed by atoms with Crippen LogP contribution < -0.4 is 0 Å². The SMILES string of the molecule is O=C1c2cccc(Br)c2CN1C1CC2CC2C1. The zero-order chi connectivity index (χ0) is 11.6. The number of amides is 1. The van der Waals surface area contributed by atoms with Crippen LogP contribution in [0, 0.1) is 11.8 Å². The Labute approximate surface area is 109 Å². The molecule has 0 radical (unpaired) electrons. The summed E-state index contributed by atoms with van der Waals surface area (Å²) in [5, 5.41) is 0. The number of benzene rings is 1. The number of fused-ring (bicyclic) bond motifs is 2. The normalized spacial score (nSPS) is 33.8. The first kappa shape index (κ1) is 10.1. The first-order valence-electron chi connectivity index (χ1n) is 6.32. The summed E-state index contributed by atoms with van der Waals surface area (Å²) in [6, 6.07) is 6.45. The van der Waals surface area contributed by atoms with Crippen molar-refractivity contribution < 1.29 is 4.79 Å². The van der Waals surface area contributed by atoms with Crippen LogP contribution in [0.1, 0.15) is 35.2 Å². The lowest BCUT2D eigenvalue weighted by Crippen LogP contribution is -2.34. The van der Waals surface area contributed by atoms with Crippen molar-refractivity contribution in [3.05, 3.63) is 33.8 Å². The van der Waals surface area contributed by atoms with Gasteiger partial charge in [-0.05, 0) is 48.8 Å². The van der Waals surface area contributed by atoms with Gasteiger partial charge in [0, 0.05) is 22.6 Å². The van der Waals surface area contributed by atoms with Gasteiger partial charge in [-0.2, -0.15) is 0 Å². The molecule has 3 aliphatic rings. The molecule has 0 spiro atoms. The molecule has 4 rings (SSSR count). The Morgan fingerprint density at radius 3 is 2.65 bits per heavy atom. The molecule has 2 unspecified atom stereocenters. The van der Waals surface area contributed by atoms with Crippen LogP contribution in [0.3, 0.4) is 0 Å². The summed E-state index contributed by atoms with van der Waals surface area (Å²) in [4.78, 5) is 14.5. The smallest absolute Gasteiger partial charge is 0.254 e. The number of hydrogen-bond acceptors (Lipinski definition) is 1. The average Bonchev–Trinajstić information content (AvgIpc) is 2.78. The molecular weight excluding hydrogens is 278 g/mol. The molecule has 1 amide bonds. The molecule has 1 heterocycles. The summed E-state index contributed by atoms with van der Waals surface area (Å²) in [5.74, 6) is 2.10. The van der Waals surface area contributed by atoms with Crippen molar-refractivity contribution in [2.45, 2.75) is 31.8 Å². The van der Waals surface area contributed by atoms with E-state index >= 15 is 0 Å². The molecule has 2 saturated carbocycles. The van der Waals surface area contributed by atoms with E-state index in [1.165, 1.54) is 24.8 Å². The lowest BCUT2D eigenvalue weighted by Gasteiger charge is -2.25. The fourth-order valence-corrected chi connectivity index (χ4v) is 4.04. The topological polar surface area (TPSA) is 20.3 Å². The standard InChI is InChI=1S/C14H14BrNO/c15-13-3-1-2-11-12(13)7-16(14(11)17)10-5-8-4-9(8)6-10/h1-3,8-10H,4-7H2. The fraction of sp³-hybridized carbons (Fsp3) is 0.500. The highest BCUT2D eigenvalue weighted by Gasteiger charge is 2.49. The van der Waals surface area contributed by atoms with Gasteiger partial charge in [0.2, 0.25) is 0 Å². The van der Waals surface area contributed by atoms with Gasteiger partial charge in [-0.15, -0.1) is 0 Å². The number of rotatable bonds is 1. The van der Waals surface area contributed by atoms with E-state index in [2.05, 4.69) is 20.8 Å². The van der Waals surface area contributed by atoms with E-state index in [1.807, 2.05) is 18.2 Å². The van der Waals surface area contributed by atoms with Gasteiger partial charge in [-0.25, -0.2) is 0 Å². The quantitative estimate of drug-likeness (QED) is 0.778. The van der Waals surface area contributed by atoms with Gasteiger partial charge >= 0.3 is 0 Å². The van der Waals surface area contributed by atoms with Crippen LogP contribution in [0.5, 0.6) is 0 Å². The number of carbonyl (C=O) groups excluding carboxylic acids is 1. The maximum Gasteiger partial charge on any atom is 0.254 e. The third-order valence-corrected chi connectivity index (χ3v) is 5.34. The van der Waals surface area contributed by atoms with Gasteiger partial charge < -0.3 is 4.90 Å². The summed E-state index contributed by atoms with van der Waals surface area (Å²) in [6.07, 6.45) is 3.89. The molecule has 88 valence electrons. The zero-order valence-electron chi connectivity index (χ0n) is 9.53. The largest absolute Gasteiger partial charge is 0.331 e. The van der Waals surface area contributed by atoms with Crippen LogP contribution in [0.15, 0.2) is 22.7 Å². The molecule has 0 N–H and O–H groups in total. The molecule has 2 aliphatic carbocycles. The molecule has 1 aromatic rings. The Hall–Kier alpha value is -0.830. The first-order valence-corrected chi connectivity index (χ1v) is 7.11. The zero-order valence-corrected chi connectivity index (χ0v) is 11.1. The number of carbonyl (C=O) groups is 1. The molecule has 0 saturated heterocycles. The molecule has 0 aromatic heterocycles. The second-order valence-electron chi connectivity index (χ2n) is 5.58. The minimum absolute atomic E-state index is 0.243. The van der Waals surface area contributed by atoms with Crippen molar-refractivity contribution in [2.75, 3.05) is 0 Å². The van der Waals surface area contributed by atoms with E-state index in [9.17, 15) is 4.79 Å². The molecule has 17 heavy (non-hydrogen) atoms. The predicted molar refractivity (Wildman–Crippen MR) is 68.6 cm³/mol. The first-order chi connectivity index (χ1) is 8.24. The maximum atomic E-state index is 12.4. The third-order valence-electron chi connectivity index (χ3n) is 4.60. The summed E-state index contributed by atoms with van der Waals surface area (Å²) < 4.78 is 1.08. The Morgan fingerprint density at radius 1 is 1.18 bits per heavy atom. The Kier molecular flexibility index (Phi) is 1.99. The van der Waals surface area contributed by atoms with Gasteiger partial charge in [0.25, 0.3) is 5.91 Å². The van der Waals surface area contributed by atoms with Crippen LogP contribution in [-0.4, -0.2) is 16.8 Å². The van der Waals surface area contributed by atoms with Crippen LogP contribution in [0.25, 0.3) is 0 Å². The fourth-order valence-electron chi connectivity index (χ4n) is 3.55. The monoisotopic (exact) mass is 291 g/mol. The molecule has 2 fully saturated rings. The Balaban J connectivity index is 1.65. The molecule has 1 aromatic carbocycles. The summed E-state index contributed by atoms with van der Waals surface area (Å²) in [5.41, 5.74) is 2.08. The van der Waals surface area contributed by atoms with Gasteiger partial charge in [0.1, 0.15) is 0 Å². The Bertz CT molecular complexity index is 503. The van der Waals surface area contributed by atoms with Crippen LogP contribution in [0.4, 0.5) is 0 Å². The van der Waals surface area contributed by atoms with E-state index in [4.69, 9.17) is 0 Å². The summed E-state index contributed by atoms with van der Waals surface area (Å²) in [7, 11) is 0. The van der Waals surface area contributed by atoms with E-state index < -0.39 is 0 Å². The second kappa shape index (κ2) is 3.35. The Morgan fingerprint density at radius 2 is 1.94 bits per heavy atom. The highest BCUT2D eigenvalue weighted by Crippen LogP contribution is 2.53. The molecule has 1 aliphatic heterocycles. The van der Waals surface area contributed by atoms with Gasteiger partial charge in [0.15, 0.2) is 0 Å². The lowest BCUT2D eigenvalue weighted by atomic mass is 10.1. The molecule has 3 heteroatoms. The highest BCUT2D eigenvalue weighted by atomic mass is 79.9. The molecule has 2 atom stereocenters. The number of hydrogen-bond donors (Lipinski definition) is 0. The van der Waals surface area contributed by atoms with Crippen molar-refractivity contribution in [3.8, 4) is 0 Å². The minimum atomic E-state index is 0.243. The van der Waals surface area contributed by atoms with E-state index in [1.54, 1.807) is 0 Å². The van der Waals surface area contributed by atoms with Gasteiger partial charge in [0.05, 0.1) is 0 Å². The lowest BCUT2D eigenvalue weighted by molar-refractivity contribution is 0.0695. The van der Waals surface area contributed by atoms with E-state index in [0.717, 1.165) is 28.4 Å². The van der Waals surface area contributed by atoms with Gasteiger partial charge in [-0.1, -0.05) is 22.0 Å². The van der Waals surface area contributed by atoms with E-state index in [-0.39, 0.29) is 5.91 Å². The molecular formula is C14H14BrNO. The van der Waals surface area contributed by atoms with Crippen molar-refractivity contribution in [3.63, 3.8) is 0 Å². The predicted octanol–water partition coefficient (Wildman–Crippen LogP) is 3.20. The highest BCUT2D eigenvalue weighted by molar-refractivity contribution is 9.10. The summed E-state index contributed by atoms with van der Waals surface area (Å²) >= 11 is 3.55. The van der Waals surface area contributed by atoms with Crippen molar-refractivity contribution in [1.82, 2.24) is 4.90 Å². The second-order valence-corrected chi connectivity index (χ2v) is 6.43. The number of nitrogens with zero attached hydrogens (tertiary/aromatic N) is 1. The van der Waals surface area contributed by atoms with Crippen LogP contribution in [0.2, 0.25) is 0 Å². The minimum Gasteiger partial charge on any atom is -0.331 e. The van der Waals surface area contributed by atoms with Crippen molar-refractivity contribution in [1.29, 1.82) is 0 Å². The van der Waals surface area contributed by atoms with E-state index in [0.29, 0.717) is 6.04 Å².